The number of rotatable bonds is 2. The number of hydrogen-bond donors (Lipinski definition) is 1. The summed E-state index contributed by atoms with van der Waals surface area (Å²) in [6, 6.07) is 10.6. The molecular weight excluding hydrogens is 262 g/mol. The van der Waals surface area contributed by atoms with E-state index in [0.29, 0.717) is 0 Å². The Morgan fingerprint density at radius 2 is 2.06 bits per heavy atom. The number of aromatic nitrogens is 1. The summed E-state index contributed by atoms with van der Waals surface area (Å²) in [4.78, 5) is 6.20. The van der Waals surface area contributed by atoms with Gasteiger partial charge >= 0.3 is 0 Å². The van der Waals surface area contributed by atoms with Gasteiger partial charge in [-0.15, -0.1) is 11.3 Å². The predicted molar refractivity (Wildman–Crippen MR) is 80.7 cm³/mol. The van der Waals surface area contributed by atoms with Crippen molar-refractivity contribution in [1.29, 1.82) is 0 Å². The average Bonchev–Trinajstić information content (AvgIpc) is 2.93. The van der Waals surface area contributed by atoms with Crippen molar-refractivity contribution < 1.29 is 0 Å². The van der Waals surface area contributed by atoms with E-state index < -0.39 is 0 Å². The monoisotopic (exact) mass is 275 g/mol. The third-order valence-electron chi connectivity index (χ3n) is 3.17. The van der Waals surface area contributed by atoms with Gasteiger partial charge in [-0.3, -0.25) is 0 Å². The molecule has 92 valence electrons. The zero-order valence-electron chi connectivity index (χ0n) is 10.4. The minimum atomic E-state index is 0.797. The van der Waals surface area contributed by atoms with Crippen LogP contribution in [0.1, 0.15) is 17.4 Å². The number of benzene rings is 1. The molecule has 0 aliphatic rings. The first kappa shape index (κ1) is 11.8. The molecular formula is C15H14ClNS. The molecule has 1 N–H and O–H groups in total. The molecule has 0 amide bonds. The Labute approximate surface area is 115 Å². The highest BCUT2D eigenvalue weighted by atomic mass is 35.5. The van der Waals surface area contributed by atoms with E-state index in [-0.39, 0.29) is 0 Å². The second-order valence-corrected chi connectivity index (χ2v) is 6.09. The van der Waals surface area contributed by atoms with Gasteiger partial charge in [0.25, 0.3) is 0 Å². The van der Waals surface area contributed by atoms with Crippen LogP contribution in [0.3, 0.4) is 0 Å². The Morgan fingerprint density at radius 3 is 2.78 bits per heavy atom. The lowest BCUT2D eigenvalue weighted by molar-refractivity contribution is 1.19. The molecule has 0 atom stereocenters. The quantitative estimate of drug-likeness (QED) is 0.643. The van der Waals surface area contributed by atoms with Gasteiger partial charge in [-0.1, -0.05) is 18.5 Å². The van der Waals surface area contributed by atoms with Crippen LogP contribution in [-0.2, 0) is 6.42 Å². The number of aromatic amines is 1. The first-order chi connectivity index (χ1) is 8.67. The normalized spacial score (nSPS) is 11.3. The van der Waals surface area contributed by atoms with E-state index in [1.54, 1.807) is 0 Å². The summed E-state index contributed by atoms with van der Waals surface area (Å²) in [5.74, 6) is 0. The Balaban J connectivity index is 2.16. The molecule has 2 heterocycles. The Morgan fingerprint density at radius 1 is 1.22 bits per heavy atom. The molecule has 0 bridgehead atoms. The number of hydrogen-bond acceptors (Lipinski definition) is 1. The largest absolute Gasteiger partial charge is 0.354 e. The van der Waals surface area contributed by atoms with Crippen molar-refractivity contribution in [2.45, 2.75) is 20.3 Å². The van der Waals surface area contributed by atoms with Crippen LogP contribution >= 0.6 is 22.9 Å². The van der Waals surface area contributed by atoms with Crippen LogP contribution in [0.5, 0.6) is 0 Å². The van der Waals surface area contributed by atoms with Gasteiger partial charge in [-0.2, -0.15) is 0 Å². The summed E-state index contributed by atoms with van der Waals surface area (Å²) in [6.45, 7) is 4.27. The molecule has 0 saturated carbocycles. The second kappa shape index (κ2) is 4.45. The van der Waals surface area contributed by atoms with Crippen molar-refractivity contribution in [2.75, 3.05) is 0 Å². The van der Waals surface area contributed by atoms with E-state index in [1.165, 1.54) is 31.9 Å². The maximum Gasteiger partial charge on any atom is 0.0566 e. The molecule has 1 aromatic carbocycles. The van der Waals surface area contributed by atoms with Crippen molar-refractivity contribution in [1.82, 2.24) is 4.98 Å². The average molecular weight is 276 g/mol. The molecule has 0 radical (unpaired) electrons. The molecule has 18 heavy (non-hydrogen) atoms. The minimum absolute atomic E-state index is 0.797. The fourth-order valence-corrected chi connectivity index (χ4v) is 3.43. The van der Waals surface area contributed by atoms with E-state index in [0.717, 1.165) is 11.4 Å². The smallest absolute Gasteiger partial charge is 0.0566 e. The molecule has 0 spiro atoms. The van der Waals surface area contributed by atoms with Gasteiger partial charge < -0.3 is 4.98 Å². The van der Waals surface area contributed by atoms with Gasteiger partial charge in [0, 0.05) is 20.8 Å². The maximum absolute atomic E-state index is 6.09. The van der Waals surface area contributed by atoms with E-state index in [1.807, 2.05) is 23.5 Å². The molecule has 0 unspecified atom stereocenters. The number of fused-ring (bicyclic) bond motifs is 1. The third-order valence-corrected chi connectivity index (χ3v) is 4.65. The molecule has 0 saturated heterocycles. The second-order valence-electron chi connectivity index (χ2n) is 4.49. The highest BCUT2D eigenvalue weighted by Gasteiger charge is 2.08. The standard InChI is InChI=1S/C15H14ClNS/c1-3-12-4-5-14(18-12)13-8-10-7-11(16)6-9(2)15(10)17-13/h4-8,17H,3H2,1-2H3. The summed E-state index contributed by atoms with van der Waals surface area (Å²) in [7, 11) is 0. The third kappa shape index (κ3) is 1.96. The van der Waals surface area contributed by atoms with Crippen molar-refractivity contribution in [3.63, 3.8) is 0 Å². The van der Waals surface area contributed by atoms with E-state index >= 15 is 0 Å². The van der Waals surface area contributed by atoms with Crippen LogP contribution in [0.2, 0.25) is 5.02 Å². The van der Waals surface area contributed by atoms with Crippen LogP contribution in [0, 0.1) is 6.92 Å². The van der Waals surface area contributed by atoms with E-state index in [2.05, 4.69) is 37.0 Å². The SMILES string of the molecule is CCc1ccc(-c2cc3cc(Cl)cc(C)c3[nH]2)s1. The van der Waals surface area contributed by atoms with Crippen LogP contribution in [0.4, 0.5) is 0 Å². The molecule has 0 aliphatic heterocycles. The number of thiophene rings is 1. The van der Waals surface area contributed by atoms with Gasteiger partial charge in [0.05, 0.1) is 10.6 Å². The number of H-pyrrole nitrogens is 1. The highest BCUT2D eigenvalue weighted by molar-refractivity contribution is 7.15. The van der Waals surface area contributed by atoms with Gasteiger partial charge in [0.2, 0.25) is 0 Å². The van der Waals surface area contributed by atoms with Crippen molar-refractivity contribution in [2.24, 2.45) is 0 Å². The molecule has 1 nitrogen and oxygen atoms in total. The fraction of sp³-hybridized carbons (Fsp3) is 0.200. The summed E-state index contributed by atoms with van der Waals surface area (Å²) < 4.78 is 0. The lowest BCUT2D eigenvalue weighted by Gasteiger charge is -1.96. The topological polar surface area (TPSA) is 15.8 Å². The molecule has 0 fully saturated rings. The number of nitrogens with one attached hydrogen (secondary N) is 1. The van der Waals surface area contributed by atoms with Crippen molar-refractivity contribution >= 4 is 33.8 Å². The Kier molecular flexibility index (Phi) is 2.92. The van der Waals surface area contributed by atoms with Crippen LogP contribution < -0.4 is 0 Å². The zero-order valence-corrected chi connectivity index (χ0v) is 12.0. The molecule has 3 aromatic rings. The van der Waals surface area contributed by atoms with Gasteiger partial charge in [0.15, 0.2) is 0 Å². The lowest BCUT2D eigenvalue weighted by atomic mass is 10.2. The molecule has 2 aromatic heterocycles. The lowest BCUT2D eigenvalue weighted by Crippen LogP contribution is -1.76. The summed E-state index contributed by atoms with van der Waals surface area (Å²) in [5, 5.41) is 1.98. The minimum Gasteiger partial charge on any atom is -0.354 e. The maximum atomic E-state index is 6.09. The summed E-state index contributed by atoms with van der Waals surface area (Å²) in [5.41, 5.74) is 3.55. The van der Waals surface area contributed by atoms with Crippen LogP contribution in [0.25, 0.3) is 21.5 Å². The zero-order chi connectivity index (χ0) is 12.7. The Hall–Kier alpha value is -1.25. The van der Waals surface area contributed by atoms with Crippen LogP contribution in [0.15, 0.2) is 30.3 Å². The number of aryl methyl sites for hydroxylation is 2. The molecule has 3 rings (SSSR count). The van der Waals surface area contributed by atoms with Crippen LogP contribution in [-0.4, -0.2) is 4.98 Å². The Bertz CT molecular complexity index is 708. The molecule has 3 heteroatoms. The fourth-order valence-electron chi connectivity index (χ4n) is 2.23. The molecule has 0 aliphatic carbocycles. The van der Waals surface area contributed by atoms with Crippen molar-refractivity contribution in [3.05, 3.63) is 45.8 Å². The predicted octanol–water partition coefficient (Wildman–Crippen LogP) is 5.42. The van der Waals surface area contributed by atoms with Gasteiger partial charge in [0.1, 0.15) is 0 Å². The summed E-state index contributed by atoms with van der Waals surface area (Å²) in [6.07, 6.45) is 1.09. The van der Waals surface area contributed by atoms with Gasteiger partial charge in [-0.05, 0) is 49.2 Å². The highest BCUT2D eigenvalue weighted by Crippen LogP contribution is 2.32. The first-order valence-corrected chi connectivity index (χ1v) is 7.25. The first-order valence-electron chi connectivity index (χ1n) is 6.05. The van der Waals surface area contributed by atoms with Gasteiger partial charge in [-0.25, -0.2) is 0 Å². The van der Waals surface area contributed by atoms with E-state index in [4.69, 9.17) is 11.6 Å². The summed E-state index contributed by atoms with van der Waals surface area (Å²) >= 11 is 7.94. The van der Waals surface area contributed by atoms with Crippen molar-refractivity contribution in [3.8, 4) is 10.6 Å². The van der Waals surface area contributed by atoms with E-state index in [9.17, 15) is 0 Å². The number of halogens is 1.